The van der Waals surface area contributed by atoms with Crippen molar-refractivity contribution in [1.29, 1.82) is 0 Å². The molecule has 0 amide bonds. The Kier molecular flexibility index (Phi) is 7.64. The van der Waals surface area contributed by atoms with Crippen molar-refractivity contribution in [2.45, 2.75) is 5.41 Å². The van der Waals surface area contributed by atoms with Gasteiger partial charge in [0, 0.05) is 16.7 Å². The Hall–Kier alpha value is -7.63. The Bertz CT molecular complexity index is 2850. The van der Waals surface area contributed by atoms with Crippen molar-refractivity contribution in [2.24, 2.45) is 0 Å². The summed E-state index contributed by atoms with van der Waals surface area (Å²) in [7, 11) is 0. The quantitative estimate of drug-likeness (QED) is 0.170. The second-order valence-corrected chi connectivity index (χ2v) is 14.4. The summed E-state index contributed by atoms with van der Waals surface area (Å²) in [4.78, 5) is 14.8. The first-order chi connectivity index (χ1) is 28.2. The minimum absolute atomic E-state index is 0.537. The Labute approximate surface area is 330 Å². The van der Waals surface area contributed by atoms with E-state index in [1.54, 1.807) is 0 Å². The molecule has 268 valence electrons. The molecule has 5 nitrogen and oxygen atoms in total. The van der Waals surface area contributed by atoms with Crippen molar-refractivity contribution in [1.82, 2.24) is 15.0 Å². The van der Waals surface area contributed by atoms with E-state index in [1.165, 1.54) is 22.3 Å². The monoisotopic (exact) mass is 731 g/mol. The summed E-state index contributed by atoms with van der Waals surface area (Å²) in [6, 6.07) is 69.1. The molecule has 57 heavy (non-hydrogen) atoms. The molecule has 0 bridgehead atoms. The summed E-state index contributed by atoms with van der Waals surface area (Å²) in [5.74, 6) is 4.56. The minimum atomic E-state index is -0.537. The number of rotatable bonds is 6. The molecule has 1 aliphatic heterocycles. The van der Waals surface area contributed by atoms with Crippen LogP contribution in [0.15, 0.2) is 200 Å². The molecule has 2 aliphatic rings. The van der Waals surface area contributed by atoms with E-state index in [0.717, 1.165) is 38.9 Å². The molecule has 0 spiro atoms. The SMILES string of the molecule is c1ccc(-c2nc(-c3ccccc3)nc(-c3cccc(-c4ccc5c(c4)Oc4cc6c(cc4O5)-c4ccccc4C6(c4ccccc4)c4ccccc4)c3)n2)cc1. The van der Waals surface area contributed by atoms with Crippen molar-refractivity contribution in [3.8, 4) is 79.4 Å². The third kappa shape index (κ3) is 5.43. The van der Waals surface area contributed by atoms with Crippen molar-refractivity contribution >= 4 is 0 Å². The van der Waals surface area contributed by atoms with Gasteiger partial charge in [-0.3, -0.25) is 0 Å². The zero-order valence-corrected chi connectivity index (χ0v) is 30.7. The lowest BCUT2D eigenvalue weighted by Crippen LogP contribution is -2.28. The van der Waals surface area contributed by atoms with Gasteiger partial charge in [0.05, 0.1) is 5.41 Å². The summed E-state index contributed by atoms with van der Waals surface area (Å²) in [6.07, 6.45) is 0. The molecular weight excluding hydrogens is 699 g/mol. The van der Waals surface area contributed by atoms with Crippen molar-refractivity contribution in [3.63, 3.8) is 0 Å². The Morgan fingerprint density at radius 3 is 1.42 bits per heavy atom. The fourth-order valence-electron chi connectivity index (χ4n) is 8.47. The molecule has 0 unspecified atom stereocenters. The van der Waals surface area contributed by atoms with Crippen LogP contribution in [0.4, 0.5) is 0 Å². The molecule has 0 atom stereocenters. The molecule has 0 radical (unpaired) electrons. The van der Waals surface area contributed by atoms with Gasteiger partial charge in [0.2, 0.25) is 0 Å². The molecule has 0 saturated carbocycles. The highest BCUT2D eigenvalue weighted by Crippen LogP contribution is 2.59. The molecule has 0 N–H and O–H groups in total. The van der Waals surface area contributed by atoms with Gasteiger partial charge in [-0.2, -0.15) is 0 Å². The number of nitrogens with zero attached hydrogens (tertiary/aromatic N) is 3. The lowest BCUT2D eigenvalue weighted by atomic mass is 9.67. The van der Waals surface area contributed by atoms with E-state index < -0.39 is 5.41 Å². The molecule has 9 aromatic rings. The second kappa shape index (κ2) is 13.3. The van der Waals surface area contributed by atoms with Crippen molar-refractivity contribution < 1.29 is 9.47 Å². The average Bonchev–Trinajstić information content (AvgIpc) is 3.58. The third-order valence-corrected chi connectivity index (χ3v) is 11.1. The zero-order chi connectivity index (χ0) is 37.8. The standard InChI is InChI=1S/C52H33N3O2/c1-5-16-34(17-6-1)49-53-50(35-18-7-2-8-19-35)55-51(54-49)38-21-15-20-36(30-38)37-28-29-45-46(31-37)57-48-33-44-42(32-47(48)56-45)41-26-13-14-27-43(41)52(44,39-22-9-3-10-23-39)40-24-11-4-12-25-40/h1-33H. The molecule has 5 heteroatoms. The lowest BCUT2D eigenvalue weighted by Gasteiger charge is -2.34. The van der Waals surface area contributed by atoms with Crippen molar-refractivity contribution in [3.05, 3.63) is 222 Å². The van der Waals surface area contributed by atoms with E-state index in [-0.39, 0.29) is 0 Å². The van der Waals surface area contributed by atoms with E-state index in [1.807, 2.05) is 78.9 Å². The van der Waals surface area contributed by atoms with Gasteiger partial charge in [0.15, 0.2) is 40.5 Å². The molecular formula is C52H33N3O2. The van der Waals surface area contributed by atoms with Gasteiger partial charge in [-0.05, 0) is 74.8 Å². The maximum absolute atomic E-state index is 6.82. The summed E-state index contributed by atoms with van der Waals surface area (Å²) in [6.45, 7) is 0. The molecule has 0 fully saturated rings. The second-order valence-electron chi connectivity index (χ2n) is 14.4. The van der Waals surface area contributed by atoms with E-state index in [0.29, 0.717) is 40.5 Å². The van der Waals surface area contributed by atoms with Gasteiger partial charge in [-0.25, -0.2) is 15.0 Å². The lowest BCUT2D eigenvalue weighted by molar-refractivity contribution is 0.359. The molecule has 8 aromatic carbocycles. The van der Waals surface area contributed by atoms with Crippen LogP contribution in [-0.4, -0.2) is 15.0 Å². The summed E-state index contributed by atoms with van der Waals surface area (Å²) in [5, 5.41) is 0. The third-order valence-electron chi connectivity index (χ3n) is 11.1. The highest BCUT2D eigenvalue weighted by Gasteiger charge is 2.47. The van der Waals surface area contributed by atoms with Crippen LogP contribution >= 0.6 is 0 Å². The van der Waals surface area contributed by atoms with Crippen LogP contribution in [0.25, 0.3) is 56.4 Å². The van der Waals surface area contributed by atoms with Crippen LogP contribution < -0.4 is 9.47 Å². The summed E-state index contributed by atoms with van der Waals surface area (Å²) in [5.41, 5.74) is 11.3. The predicted molar refractivity (Wildman–Crippen MR) is 225 cm³/mol. The van der Waals surface area contributed by atoms with Crippen LogP contribution in [0, 0.1) is 0 Å². The predicted octanol–water partition coefficient (Wildman–Crippen LogP) is 12.8. The topological polar surface area (TPSA) is 57.1 Å². The number of fused-ring (bicyclic) bond motifs is 5. The van der Waals surface area contributed by atoms with Crippen LogP contribution in [-0.2, 0) is 5.41 Å². The first-order valence-electron chi connectivity index (χ1n) is 19.1. The highest BCUT2D eigenvalue weighted by atomic mass is 16.6. The number of hydrogen-bond acceptors (Lipinski definition) is 5. The van der Waals surface area contributed by atoms with Gasteiger partial charge in [0.25, 0.3) is 0 Å². The molecule has 0 saturated heterocycles. The van der Waals surface area contributed by atoms with Crippen LogP contribution in [0.2, 0.25) is 0 Å². The van der Waals surface area contributed by atoms with Crippen molar-refractivity contribution in [2.75, 3.05) is 0 Å². The number of hydrogen-bond donors (Lipinski definition) is 0. The van der Waals surface area contributed by atoms with Crippen LogP contribution in [0.3, 0.4) is 0 Å². The van der Waals surface area contributed by atoms with Crippen LogP contribution in [0.1, 0.15) is 22.3 Å². The normalized spacial score (nSPS) is 13.0. The smallest absolute Gasteiger partial charge is 0.170 e. The van der Waals surface area contributed by atoms with E-state index in [4.69, 9.17) is 24.4 Å². The molecule has 1 aliphatic carbocycles. The fourth-order valence-corrected chi connectivity index (χ4v) is 8.47. The molecule has 2 heterocycles. The Morgan fingerprint density at radius 1 is 0.298 bits per heavy atom. The largest absolute Gasteiger partial charge is 0.449 e. The maximum Gasteiger partial charge on any atom is 0.170 e. The molecule has 1 aromatic heterocycles. The number of aromatic nitrogens is 3. The maximum atomic E-state index is 6.82. The zero-order valence-electron chi connectivity index (χ0n) is 30.7. The number of ether oxygens (including phenoxy) is 2. The van der Waals surface area contributed by atoms with Gasteiger partial charge in [-0.1, -0.05) is 170 Å². The van der Waals surface area contributed by atoms with Gasteiger partial charge < -0.3 is 9.47 Å². The summed E-state index contributed by atoms with van der Waals surface area (Å²) < 4.78 is 13.5. The average molecular weight is 732 g/mol. The first kappa shape index (κ1) is 32.8. The fraction of sp³-hybridized carbons (Fsp3) is 0.0192. The summed E-state index contributed by atoms with van der Waals surface area (Å²) >= 11 is 0. The molecule has 11 rings (SSSR count). The minimum Gasteiger partial charge on any atom is -0.449 e. The van der Waals surface area contributed by atoms with Gasteiger partial charge in [-0.15, -0.1) is 0 Å². The van der Waals surface area contributed by atoms with Gasteiger partial charge in [0.1, 0.15) is 0 Å². The van der Waals surface area contributed by atoms with Crippen LogP contribution in [0.5, 0.6) is 23.0 Å². The first-order valence-corrected chi connectivity index (χ1v) is 19.1. The highest BCUT2D eigenvalue weighted by molar-refractivity contribution is 5.88. The Morgan fingerprint density at radius 2 is 0.772 bits per heavy atom. The van der Waals surface area contributed by atoms with Gasteiger partial charge >= 0.3 is 0 Å². The van der Waals surface area contributed by atoms with E-state index in [9.17, 15) is 0 Å². The Balaban J connectivity index is 0.992. The number of benzene rings is 8. The van der Waals surface area contributed by atoms with E-state index in [2.05, 4.69) is 121 Å². The van der Waals surface area contributed by atoms with E-state index >= 15 is 0 Å².